The van der Waals surface area contributed by atoms with Crippen LogP contribution in [0.2, 0.25) is 0 Å². The summed E-state index contributed by atoms with van der Waals surface area (Å²) in [6.07, 6.45) is 4.58. The molecule has 2 aliphatic rings. The molecule has 0 bridgehead atoms. The normalized spacial score (nSPS) is 24.7. The Hall–Kier alpha value is -1.82. The zero-order valence-corrected chi connectivity index (χ0v) is 15.5. The fourth-order valence-electron chi connectivity index (χ4n) is 4.74. The van der Waals surface area contributed by atoms with Crippen LogP contribution in [0.4, 0.5) is 0 Å². The summed E-state index contributed by atoms with van der Waals surface area (Å²) < 4.78 is 0. The largest absolute Gasteiger partial charge is 0.477 e. The van der Waals surface area contributed by atoms with Gasteiger partial charge in [-0.25, -0.2) is 4.79 Å². The molecule has 2 N–H and O–H groups in total. The molecule has 6 heteroatoms. The Morgan fingerprint density at radius 3 is 2.44 bits per heavy atom. The molecule has 2 saturated heterocycles. The average Bonchev–Trinajstić information content (AvgIpc) is 2.89. The monoisotopic (exact) mass is 347 g/mol. The molecule has 2 aliphatic heterocycles. The molecule has 25 heavy (non-hydrogen) atoms. The Morgan fingerprint density at radius 2 is 1.84 bits per heavy atom. The second-order valence-corrected chi connectivity index (χ2v) is 7.73. The average molecular weight is 347 g/mol. The molecule has 1 spiro atoms. The fourth-order valence-corrected chi connectivity index (χ4v) is 4.74. The molecule has 138 valence electrons. The quantitative estimate of drug-likeness (QED) is 0.881. The van der Waals surface area contributed by atoms with Gasteiger partial charge in [0.2, 0.25) is 0 Å². The molecule has 3 heterocycles. The third-order valence-electron chi connectivity index (χ3n) is 6.00. The van der Waals surface area contributed by atoms with Crippen molar-refractivity contribution in [3.63, 3.8) is 0 Å². The molecule has 0 unspecified atom stereocenters. The number of nitrogens with zero attached hydrogens (tertiary/aromatic N) is 2. The highest BCUT2D eigenvalue weighted by atomic mass is 16.4. The number of carboxylic acids is 1. The third kappa shape index (κ3) is 3.32. The maximum atomic E-state index is 13.2. The van der Waals surface area contributed by atoms with Crippen molar-refractivity contribution in [2.75, 3.05) is 32.7 Å². The van der Waals surface area contributed by atoms with Gasteiger partial charge in [0.1, 0.15) is 5.69 Å². The maximum absolute atomic E-state index is 13.2. The number of nitrogens with one attached hydrogen (secondary N) is 1. The SMILES string of the molecule is CCN1CCC[C@@]2(CCCN(C(=O)c3c(C)[nH]c(C(=O)O)c3C)C2)C1. The van der Waals surface area contributed by atoms with Crippen molar-refractivity contribution in [1.82, 2.24) is 14.8 Å². The molecule has 1 aromatic heterocycles. The highest BCUT2D eigenvalue weighted by molar-refractivity contribution is 6.00. The van der Waals surface area contributed by atoms with E-state index in [1.54, 1.807) is 13.8 Å². The molecule has 0 saturated carbocycles. The standard InChI is InChI=1S/C19H29N3O3/c1-4-21-9-5-7-19(11-21)8-6-10-22(12-19)17(23)15-13(2)16(18(24)25)20-14(15)3/h20H,4-12H2,1-3H3,(H,24,25)/t19-/m1/s1. The van der Waals surface area contributed by atoms with Crippen molar-refractivity contribution in [2.24, 2.45) is 5.41 Å². The van der Waals surface area contributed by atoms with E-state index in [4.69, 9.17) is 0 Å². The molecular formula is C19H29N3O3. The van der Waals surface area contributed by atoms with Crippen LogP contribution >= 0.6 is 0 Å². The van der Waals surface area contributed by atoms with Gasteiger partial charge in [0.05, 0.1) is 5.56 Å². The number of aromatic carboxylic acids is 1. The number of carbonyl (C=O) groups is 2. The zero-order valence-electron chi connectivity index (χ0n) is 15.5. The molecule has 1 aromatic rings. The topological polar surface area (TPSA) is 76.6 Å². The zero-order chi connectivity index (χ0) is 18.2. The van der Waals surface area contributed by atoms with Gasteiger partial charge in [-0.1, -0.05) is 6.92 Å². The van der Waals surface area contributed by atoms with Gasteiger partial charge in [0.15, 0.2) is 0 Å². The first-order valence-electron chi connectivity index (χ1n) is 9.31. The van der Waals surface area contributed by atoms with Gasteiger partial charge < -0.3 is 19.9 Å². The number of likely N-dealkylation sites (tertiary alicyclic amines) is 2. The Bertz CT molecular complexity index is 678. The van der Waals surface area contributed by atoms with E-state index >= 15 is 0 Å². The number of hydrogen-bond acceptors (Lipinski definition) is 3. The van der Waals surface area contributed by atoms with Gasteiger partial charge >= 0.3 is 5.97 Å². The lowest BCUT2D eigenvalue weighted by Gasteiger charge is -2.48. The van der Waals surface area contributed by atoms with Crippen LogP contribution in [0.5, 0.6) is 0 Å². The van der Waals surface area contributed by atoms with Gasteiger partial charge in [-0.3, -0.25) is 4.79 Å². The van der Waals surface area contributed by atoms with Crippen LogP contribution in [0, 0.1) is 19.3 Å². The van der Waals surface area contributed by atoms with E-state index in [0.717, 1.165) is 39.1 Å². The maximum Gasteiger partial charge on any atom is 0.352 e. The van der Waals surface area contributed by atoms with Crippen molar-refractivity contribution in [3.05, 3.63) is 22.5 Å². The highest BCUT2D eigenvalue weighted by Gasteiger charge is 2.40. The van der Waals surface area contributed by atoms with E-state index in [1.165, 1.54) is 19.3 Å². The number of carbonyl (C=O) groups excluding carboxylic acids is 1. The van der Waals surface area contributed by atoms with Crippen LogP contribution < -0.4 is 0 Å². The Kier molecular flexibility index (Phi) is 4.91. The Balaban J connectivity index is 1.82. The number of aromatic nitrogens is 1. The Labute approximate surface area is 149 Å². The first kappa shape index (κ1) is 18.0. The van der Waals surface area contributed by atoms with Crippen LogP contribution in [-0.4, -0.2) is 64.5 Å². The van der Waals surface area contributed by atoms with Crippen molar-refractivity contribution < 1.29 is 14.7 Å². The molecule has 0 aliphatic carbocycles. The molecule has 1 atom stereocenters. The second kappa shape index (κ2) is 6.83. The van der Waals surface area contributed by atoms with E-state index in [-0.39, 0.29) is 17.0 Å². The minimum atomic E-state index is -1.01. The molecule has 1 amide bonds. The first-order chi connectivity index (χ1) is 11.9. The molecule has 0 radical (unpaired) electrons. The lowest BCUT2D eigenvalue weighted by atomic mass is 9.73. The summed E-state index contributed by atoms with van der Waals surface area (Å²) in [7, 11) is 0. The molecule has 6 nitrogen and oxygen atoms in total. The lowest BCUT2D eigenvalue weighted by molar-refractivity contribution is 0.0151. The van der Waals surface area contributed by atoms with Gasteiger partial charge in [-0.05, 0) is 58.2 Å². The molecule has 3 rings (SSSR count). The summed E-state index contributed by atoms with van der Waals surface area (Å²) in [5.41, 5.74) is 2.07. The predicted octanol–water partition coefficient (Wildman–Crippen LogP) is 2.67. The van der Waals surface area contributed by atoms with E-state index in [2.05, 4.69) is 16.8 Å². The molecular weight excluding hydrogens is 318 g/mol. The van der Waals surface area contributed by atoms with Crippen LogP contribution in [0.3, 0.4) is 0 Å². The van der Waals surface area contributed by atoms with Crippen LogP contribution in [0.1, 0.15) is 64.7 Å². The number of H-pyrrole nitrogens is 1. The fraction of sp³-hybridized carbons (Fsp3) is 0.684. The number of hydrogen-bond donors (Lipinski definition) is 2. The number of piperidine rings is 2. The van der Waals surface area contributed by atoms with E-state index in [0.29, 0.717) is 16.8 Å². The third-order valence-corrected chi connectivity index (χ3v) is 6.00. The minimum absolute atomic E-state index is 0.0218. The number of rotatable bonds is 3. The predicted molar refractivity (Wildman–Crippen MR) is 96.1 cm³/mol. The lowest BCUT2D eigenvalue weighted by Crippen LogP contribution is -2.53. The summed E-state index contributed by atoms with van der Waals surface area (Å²) in [5.74, 6) is -1.04. The van der Waals surface area contributed by atoms with Gasteiger partial charge in [-0.2, -0.15) is 0 Å². The van der Waals surface area contributed by atoms with E-state index in [9.17, 15) is 14.7 Å². The second-order valence-electron chi connectivity index (χ2n) is 7.73. The van der Waals surface area contributed by atoms with Gasteiger partial charge in [0.25, 0.3) is 5.91 Å². The number of carboxylic acid groups (broad SMARTS) is 1. The van der Waals surface area contributed by atoms with Crippen molar-refractivity contribution >= 4 is 11.9 Å². The van der Waals surface area contributed by atoms with Crippen LogP contribution in [-0.2, 0) is 0 Å². The first-order valence-corrected chi connectivity index (χ1v) is 9.31. The molecule has 2 fully saturated rings. The van der Waals surface area contributed by atoms with Crippen molar-refractivity contribution in [1.29, 1.82) is 0 Å². The van der Waals surface area contributed by atoms with Crippen LogP contribution in [0.15, 0.2) is 0 Å². The van der Waals surface area contributed by atoms with Crippen LogP contribution in [0.25, 0.3) is 0 Å². The molecule has 0 aromatic carbocycles. The number of aromatic amines is 1. The summed E-state index contributed by atoms with van der Waals surface area (Å²) in [4.78, 5) is 31.8. The van der Waals surface area contributed by atoms with Crippen molar-refractivity contribution in [3.8, 4) is 0 Å². The van der Waals surface area contributed by atoms with Crippen molar-refractivity contribution in [2.45, 2.75) is 46.5 Å². The van der Waals surface area contributed by atoms with E-state index in [1.807, 2.05) is 4.90 Å². The number of aryl methyl sites for hydroxylation is 1. The number of amides is 1. The summed E-state index contributed by atoms with van der Waals surface area (Å²) in [6.45, 7) is 10.5. The highest BCUT2D eigenvalue weighted by Crippen LogP contribution is 2.39. The smallest absolute Gasteiger partial charge is 0.352 e. The van der Waals surface area contributed by atoms with E-state index < -0.39 is 5.97 Å². The Morgan fingerprint density at radius 1 is 1.16 bits per heavy atom. The summed E-state index contributed by atoms with van der Waals surface area (Å²) in [6, 6.07) is 0. The van der Waals surface area contributed by atoms with Gasteiger partial charge in [-0.15, -0.1) is 0 Å². The summed E-state index contributed by atoms with van der Waals surface area (Å²) in [5, 5.41) is 9.29. The minimum Gasteiger partial charge on any atom is -0.477 e. The summed E-state index contributed by atoms with van der Waals surface area (Å²) >= 11 is 0. The van der Waals surface area contributed by atoms with Gasteiger partial charge in [0, 0.05) is 30.7 Å².